The number of hydrogen-bond acceptors (Lipinski definition) is 3. The molecule has 0 aliphatic carbocycles. The van der Waals surface area contributed by atoms with Crippen molar-refractivity contribution in [2.24, 2.45) is 4.99 Å². The van der Waals surface area contributed by atoms with Gasteiger partial charge >= 0.3 is 0 Å². The fraction of sp³-hybridized carbons (Fsp3) is 0.467. The summed E-state index contributed by atoms with van der Waals surface area (Å²) in [7, 11) is 1.63. The molecule has 1 rings (SSSR count). The maximum absolute atomic E-state index is 13.8. The fourth-order valence-corrected chi connectivity index (χ4v) is 1.75. The van der Waals surface area contributed by atoms with E-state index in [1.165, 1.54) is 6.07 Å². The van der Waals surface area contributed by atoms with E-state index in [4.69, 9.17) is 10.00 Å². The van der Waals surface area contributed by atoms with Gasteiger partial charge in [-0.05, 0) is 26.0 Å². The first-order valence-electron chi connectivity index (χ1n) is 6.83. The van der Waals surface area contributed by atoms with E-state index >= 15 is 0 Å². The third-order valence-corrected chi connectivity index (χ3v) is 2.73. The smallest absolute Gasteiger partial charge is 0.191 e. The summed E-state index contributed by atoms with van der Waals surface area (Å²) in [6, 6.07) is 6.39. The Morgan fingerprint density at radius 1 is 1.50 bits per heavy atom. The van der Waals surface area contributed by atoms with Gasteiger partial charge in [-0.3, -0.25) is 0 Å². The van der Waals surface area contributed by atoms with Gasteiger partial charge in [-0.25, -0.2) is 9.38 Å². The van der Waals surface area contributed by atoms with Crippen molar-refractivity contribution in [1.29, 1.82) is 5.26 Å². The van der Waals surface area contributed by atoms with Crippen LogP contribution in [0.4, 0.5) is 4.39 Å². The largest absolute Gasteiger partial charge is 0.383 e. The molecule has 0 saturated heterocycles. The Bertz CT molecular complexity index is 531. The maximum atomic E-state index is 13.8. The van der Waals surface area contributed by atoms with Gasteiger partial charge in [-0.1, -0.05) is 6.07 Å². The number of nitrogens with one attached hydrogen (secondary N) is 2. The van der Waals surface area contributed by atoms with Crippen molar-refractivity contribution < 1.29 is 9.13 Å². The molecule has 1 aromatic carbocycles. The molecule has 5 nitrogen and oxygen atoms in total. The third-order valence-electron chi connectivity index (χ3n) is 2.73. The number of nitrogens with zero attached hydrogens (tertiary/aromatic N) is 2. The SMILES string of the molecule is CCNC(=NCc1ccc(C#N)cc1F)NC(C)COC.I. The molecule has 1 unspecified atom stereocenters. The van der Waals surface area contributed by atoms with Crippen molar-refractivity contribution in [3.05, 3.63) is 35.1 Å². The molecule has 7 heteroatoms. The Morgan fingerprint density at radius 3 is 2.77 bits per heavy atom. The molecule has 22 heavy (non-hydrogen) atoms. The van der Waals surface area contributed by atoms with Gasteiger partial charge in [0.1, 0.15) is 5.82 Å². The van der Waals surface area contributed by atoms with Gasteiger partial charge < -0.3 is 15.4 Å². The van der Waals surface area contributed by atoms with Crippen LogP contribution in [0, 0.1) is 17.1 Å². The van der Waals surface area contributed by atoms with E-state index in [0.29, 0.717) is 30.2 Å². The number of methoxy groups -OCH3 is 1. The summed E-state index contributed by atoms with van der Waals surface area (Å²) in [4.78, 5) is 4.34. The molecule has 0 aliphatic rings. The number of halogens is 2. The summed E-state index contributed by atoms with van der Waals surface area (Å²) < 4.78 is 18.8. The lowest BCUT2D eigenvalue weighted by molar-refractivity contribution is 0.179. The minimum absolute atomic E-state index is 0. The van der Waals surface area contributed by atoms with E-state index in [9.17, 15) is 4.39 Å². The van der Waals surface area contributed by atoms with Crippen LogP contribution < -0.4 is 10.6 Å². The van der Waals surface area contributed by atoms with E-state index < -0.39 is 5.82 Å². The highest BCUT2D eigenvalue weighted by Gasteiger charge is 2.06. The lowest BCUT2D eigenvalue weighted by Gasteiger charge is -2.17. The second-order valence-corrected chi connectivity index (χ2v) is 4.61. The number of rotatable bonds is 6. The van der Waals surface area contributed by atoms with Gasteiger partial charge in [-0.15, -0.1) is 24.0 Å². The van der Waals surface area contributed by atoms with Crippen molar-refractivity contribution in [3.63, 3.8) is 0 Å². The molecular weight excluding hydrogens is 398 g/mol. The highest BCUT2D eigenvalue weighted by molar-refractivity contribution is 14.0. The Hall–Kier alpha value is -1.40. The predicted molar refractivity (Wildman–Crippen MR) is 95.8 cm³/mol. The number of benzene rings is 1. The van der Waals surface area contributed by atoms with Crippen LogP contribution >= 0.6 is 24.0 Å². The van der Waals surface area contributed by atoms with Crippen LogP contribution in [0.25, 0.3) is 0 Å². The number of guanidine groups is 1. The Kier molecular flexibility index (Phi) is 10.5. The number of ether oxygens (including phenoxy) is 1. The summed E-state index contributed by atoms with van der Waals surface area (Å²) in [6.07, 6.45) is 0. The average Bonchev–Trinajstić information content (AvgIpc) is 2.46. The average molecular weight is 420 g/mol. The van der Waals surface area contributed by atoms with Gasteiger partial charge in [0.25, 0.3) is 0 Å². The van der Waals surface area contributed by atoms with Gasteiger partial charge in [0, 0.05) is 25.3 Å². The number of nitriles is 1. The number of aliphatic imine (C=N–C) groups is 1. The summed E-state index contributed by atoms with van der Waals surface area (Å²) in [6.45, 7) is 5.39. The van der Waals surface area contributed by atoms with Crippen LogP contribution in [0.2, 0.25) is 0 Å². The molecule has 2 N–H and O–H groups in total. The van der Waals surface area contributed by atoms with Crippen LogP contribution in [-0.2, 0) is 11.3 Å². The van der Waals surface area contributed by atoms with Crippen molar-refractivity contribution >= 4 is 29.9 Å². The molecule has 0 bridgehead atoms. The Labute approximate surface area is 148 Å². The zero-order valence-electron chi connectivity index (χ0n) is 13.0. The van der Waals surface area contributed by atoms with Gasteiger partial charge in [-0.2, -0.15) is 5.26 Å². The molecule has 0 aromatic heterocycles. The van der Waals surface area contributed by atoms with E-state index in [1.807, 2.05) is 19.9 Å². The molecule has 122 valence electrons. The van der Waals surface area contributed by atoms with Gasteiger partial charge in [0.2, 0.25) is 0 Å². The second kappa shape index (κ2) is 11.2. The molecule has 0 fully saturated rings. The molecule has 0 radical (unpaired) electrons. The second-order valence-electron chi connectivity index (χ2n) is 4.61. The van der Waals surface area contributed by atoms with Crippen molar-refractivity contribution in [1.82, 2.24) is 10.6 Å². The number of hydrogen-bond donors (Lipinski definition) is 2. The lowest BCUT2D eigenvalue weighted by Crippen LogP contribution is -2.43. The first-order valence-corrected chi connectivity index (χ1v) is 6.83. The highest BCUT2D eigenvalue weighted by Crippen LogP contribution is 2.11. The first kappa shape index (κ1) is 20.6. The van der Waals surface area contributed by atoms with Crippen molar-refractivity contribution in [2.75, 3.05) is 20.3 Å². The van der Waals surface area contributed by atoms with E-state index in [2.05, 4.69) is 15.6 Å². The van der Waals surface area contributed by atoms with E-state index in [-0.39, 0.29) is 36.6 Å². The third kappa shape index (κ3) is 7.04. The summed E-state index contributed by atoms with van der Waals surface area (Å²) >= 11 is 0. The highest BCUT2D eigenvalue weighted by atomic mass is 127. The molecular formula is C15H22FIN4O. The molecule has 0 amide bonds. The zero-order chi connectivity index (χ0) is 15.7. The molecule has 1 aromatic rings. The maximum Gasteiger partial charge on any atom is 0.191 e. The van der Waals surface area contributed by atoms with Crippen LogP contribution in [0.3, 0.4) is 0 Å². The van der Waals surface area contributed by atoms with Gasteiger partial charge in [0.15, 0.2) is 5.96 Å². The Balaban J connectivity index is 0.00000441. The van der Waals surface area contributed by atoms with E-state index in [1.54, 1.807) is 19.2 Å². The van der Waals surface area contributed by atoms with Crippen LogP contribution in [0.5, 0.6) is 0 Å². The topological polar surface area (TPSA) is 69.4 Å². The van der Waals surface area contributed by atoms with Crippen LogP contribution in [0.1, 0.15) is 25.0 Å². The molecule has 1 atom stereocenters. The minimum atomic E-state index is -0.418. The quantitative estimate of drug-likeness (QED) is 0.422. The molecule has 0 spiro atoms. The molecule has 0 heterocycles. The standard InChI is InChI=1S/C15H21FN4O.HI/c1-4-18-15(20-11(2)10-21-3)19-9-13-6-5-12(8-17)7-14(13)16;/h5-7,11H,4,9-10H2,1-3H3,(H2,18,19,20);1H. The minimum Gasteiger partial charge on any atom is -0.383 e. The summed E-state index contributed by atoms with van der Waals surface area (Å²) in [5.74, 6) is 0.185. The van der Waals surface area contributed by atoms with Crippen molar-refractivity contribution in [2.45, 2.75) is 26.4 Å². The normalized spacial score (nSPS) is 12.0. The van der Waals surface area contributed by atoms with Crippen LogP contribution in [-0.4, -0.2) is 32.3 Å². The predicted octanol–water partition coefficient (Wildman–Crippen LogP) is 2.41. The lowest BCUT2D eigenvalue weighted by atomic mass is 10.1. The molecule has 0 saturated carbocycles. The summed E-state index contributed by atoms with van der Waals surface area (Å²) in [5, 5.41) is 15.0. The zero-order valence-corrected chi connectivity index (χ0v) is 15.3. The monoisotopic (exact) mass is 420 g/mol. The Morgan fingerprint density at radius 2 is 2.23 bits per heavy atom. The van der Waals surface area contributed by atoms with Crippen molar-refractivity contribution in [3.8, 4) is 6.07 Å². The first-order chi connectivity index (χ1) is 10.1. The molecule has 0 aliphatic heterocycles. The van der Waals surface area contributed by atoms with Crippen LogP contribution in [0.15, 0.2) is 23.2 Å². The van der Waals surface area contributed by atoms with E-state index in [0.717, 1.165) is 0 Å². The summed E-state index contributed by atoms with van der Waals surface area (Å²) in [5.41, 5.74) is 0.754. The fourth-order valence-electron chi connectivity index (χ4n) is 1.75. The van der Waals surface area contributed by atoms with Gasteiger partial charge in [0.05, 0.1) is 24.8 Å².